The number of ketones is 1. The maximum Gasteiger partial charge on any atom is 0.179 e. The number of aryl methyl sites for hydroxylation is 1. The average Bonchev–Trinajstić information content (AvgIpc) is 2.19. The number of carbonyl (C=O) groups is 1. The Balaban J connectivity index is 3.06. The molecule has 0 aliphatic heterocycles. The molecule has 0 saturated carbocycles. The first-order chi connectivity index (χ1) is 6.56. The van der Waals surface area contributed by atoms with Gasteiger partial charge in [0, 0.05) is 5.56 Å². The van der Waals surface area contributed by atoms with E-state index in [2.05, 4.69) is 0 Å². The Bertz CT molecular complexity index is 349. The molecule has 0 aliphatic carbocycles. The SMILES string of the molecule is CCC(N)C(=O)c1cc(F)ccc1C. The fraction of sp³-hybridized carbons (Fsp3) is 0.364. The summed E-state index contributed by atoms with van der Waals surface area (Å²) in [4.78, 5) is 11.7. The predicted octanol–water partition coefficient (Wildman–Crippen LogP) is 2.05. The van der Waals surface area contributed by atoms with E-state index < -0.39 is 11.9 Å². The Hall–Kier alpha value is -1.22. The van der Waals surface area contributed by atoms with Crippen LogP contribution in [0.25, 0.3) is 0 Å². The zero-order chi connectivity index (χ0) is 10.7. The lowest BCUT2D eigenvalue weighted by atomic mass is 9.99. The molecule has 0 saturated heterocycles. The van der Waals surface area contributed by atoms with E-state index in [1.807, 2.05) is 6.92 Å². The Morgan fingerprint density at radius 3 is 2.79 bits per heavy atom. The van der Waals surface area contributed by atoms with Gasteiger partial charge in [-0.15, -0.1) is 0 Å². The standard InChI is InChI=1S/C11H14FNO/c1-3-10(13)11(14)9-6-8(12)5-4-7(9)2/h4-6,10H,3,13H2,1-2H3. The quantitative estimate of drug-likeness (QED) is 0.750. The molecule has 1 unspecified atom stereocenters. The summed E-state index contributed by atoms with van der Waals surface area (Å²) in [6.07, 6.45) is 0.564. The Morgan fingerprint density at radius 1 is 1.57 bits per heavy atom. The zero-order valence-electron chi connectivity index (χ0n) is 8.38. The van der Waals surface area contributed by atoms with Gasteiger partial charge in [0.05, 0.1) is 6.04 Å². The van der Waals surface area contributed by atoms with E-state index >= 15 is 0 Å². The number of rotatable bonds is 3. The van der Waals surface area contributed by atoms with E-state index in [4.69, 9.17) is 5.73 Å². The maximum absolute atomic E-state index is 12.9. The largest absolute Gasteiger partial charge is 0.321 e. The van der Waals surface area contributed by atoms with Crippen LogP contribution < -0.4 is 5.73 Å². The number of carbonyl (C=O) groups excluding carboxylic acids is 1. The smallest absolute Gasteiger partial charge is 0.179 e. The minimum Gasteiger partial charge on any atom is -0.321 e. The van der Waals surface area contributed by atoms with Crippen LogP contribution in [0.2, 0.25) is 0 Å². The van der Waals surface area contributed by atoms with E-state index in [0.29, 0.717) is 12.0 Å². The molecule has 1 rings (SSSR count). The Morgan fingerprint density at radius 2 is 2.21 bits per heavy atom. The molecule has 0 bridgehead atoms. The molecule has 1 atom stereocenters. The van der Waals surface area contributed by atoms with Crippen molar-refractivity contribution in [1.29, 1.82) is 0 Å². The molecule has 3 heteroatoms. The topological polar surface area (TPSA) is 43.1 Å². The van der Waals surface area contributed by atoms with Crippen molar-refractivity contribution in [3.8, 4) is 0 Å². The third kappa shape index (κ3) is 2.17. The van der Waals surface area contributed by atoms with Gasteiger partial charge in [-0.1, -0.05) is 13.0 Å². The summed E-state index contributed by atoms with van der Waals surface area (Å²) < 4.78 is 12.9. The van der Waals surface area contributed by atoms with E-state index in [9.17, 15) is 9.18 Å². The van der Waals surface area contributed by atoms with Crippen LogP contribution in [0.3, 0.4) is 0 Å². The third-order valence-corrected chi connectivity index (χ3v) is 2.24. The zero-order valence-corrected chi connectivity index (χ0v) is 8.38. The Labute approximate surface area is 82.9 Å². The Kier molecular flexibility index (Phi) is 3.36. The number of Topliss-reactive ketones (excluding diaryl/α,β-unsaturated/α-hetero) is 1. The van der Waals surface area contributed by atoms with Crippen molar-refractivity contribution >= 4 is 5.78 Å². The predicted molar refractivity (Wildman–Crippen MR) is 53.7 cm³/mol. The van der Waals surface area contributed by atoms with Crippen molar-refractivity contribution in [2.24, 2.45) is 5.73 Å². The van der Waals surface area contributed by atoms with Crippen LogP contribution in [-0.4, -0.2) is 11.8 Å². The highest BCUT2D eigenvalue weighted by molar-refractivity contribution is 6.01. The molecule has 0 heterocycles. The number of benzene rings is 1. The van der Waals surface area contributed by atoms with Crippen LogP contribution in [0.5, 0.6) is 0 Å². The summed E-state index contributed by atoms with van der Waals surface area (Å²) in [6, 6.07) is 3.64. The lowest BCUT2D eigenvalue weighted by molar-refractivity contribution is 0.0958. The molecule has 0 fully saturated rings. The minimum atomic E-state index is -0.532. The lowest BCUT2D eigenvalue weighted by Gasteiger charge is -2.09. The monoisotopic (exact) mass is 195 g/mol. The fourth-order valence-corrected chi connectivity index (χ4v) is 1.24. The summed E-state index contributed by atoms with van der Waals surface area (Å²) in [6.45, 7) is 3.60. The van der Waals surface area contributed by atoms with Gasteiger partial charge in [-0.2, -0.15) is 0 Å². The van der Waals surface area contributed by atoms with Crippen molar-refractivity contribution in [3.05, 3.63) is 35.1 Å². The molecule has 0 radical (unpaired) electrons. The highest BCUT2D eigenvalue weighted by atomic mass is 19.1. The van der Waals surface area contributed by atoms with Gasteiger partial charge in [-0.3, -0.25) is 4.79 Å². The maximum atomic E-state index is 12.9. The second kappa shape index (κ2) is 4.33. The molecular weight excluding hydrogens is 181 g/mol. The molecule has 0 aliphatic rings. The lowest BCUT2D eigenvalue weighted by Crippen LogP contribution is -2.30. The highest BCUT2D eigenvalue weighted by Gasteiger charge is 2.16. The molecular formula is C11H14FNO. The molecule has 2 N–H and O–H groups in total. The summed E-state index contributed by atoms with van der Waals surface area (Å²) in [5, 5.41) is 0. The normalized spacial score (nSPS) is 12.6. The van der Waals surface area contributed by atoms with E-state index in [1.54, 1.807) is 13.0 Å². The van der Waals surface area contributed by atoms with Gasteiger partial charge in [0.25, 0.3) is 0 Å². The highest BCUT2D eigenvalue weighted by Crippen LogP contribution is 2.12. The van der Waals surface area contributed by atoms with Gasteiger partial charge >= 0.3 is 0 Å². The molecule has 1 aromatic rings. The van der Waals surface area contributed by atoms with Crippen molar-refractivity contribution in [2.45, 2.75) is 26.3 Å². The number of nitrogens with two attached hydrogens (primary N) is 1. The van der Waals surface area contributed by atoms with Gasteiger partial charge in [0.2, 0.25) is 0 Å². The van der Waals surface area contributed by atoms with Crippen molar-refractivity contribution in [2.75, 3.05) is 0 Å². The molecule has 0 aromatic heterocycles. The summed E-state index contributed by atoms with van der Waals surface area (Å²) in [5.41, 5.74) is 6.75. The first kappa shape index (κ1) is 10.9. The van der Waals surface area contributed by atoms with Gasteiger partial charge < -0.3 is 5.73 Å². The number of hydrogen-bond donors (Lipinski definition) is 1. The molecule has 0 spiro atoms. The molecule has 14 heavy (non-hydrogen) atoms. The first-order valence-electron chi connectivity index (χ1n) is 4.62. The molecule has 2 nitrogen and oxygen atoms in total. The summed E-state index contributed by atoms with van der Waals surface area (Å²) in [7, 11) is 0. The summed E-state index contributed by atoms with van der Waals surface area (Å²) >= 11 is 0. The molecule has 0 amide bonds. The number of halogens is 1. The van der Waals surface area contributed by atoms with Crippen LogP contribution in [0.1, 0.15) is 29.3 Å². The third-order valence-electron chi connectivity index (χ3n) is 2.24. The first-order valence-corrected chi connectivity index (χ1v) is 4.62. The van der Waals surface area contributed by atoms with Gasteiger partial charge in [0.15, 0.2) is 5.78 Å². The van der Waals surface area contributed by atoms with Crippen LogP contribution in [0.4, 0.5) is 4.39 Å². The van der Waals surface area contributed by atoms with Crippen molar-refractivity contribution < 1.29 is 9.18 Å². The molecule has 76 valence electrons. The van der Waals surface area contributed by atoms with Gasteiger partial charge in [0.1, 0.15) is 5.82 Å². The minimum absolute atomic E-state index is 0.190. The van der Waals surface area contributed by atoms with Gasteiger partial charge in [-0.05, 0) is 31.0 Å². The fourth-order valence-electron chi connectivity index (χ4n) is 1.24. The van der Waals surface area contributed by atoms with Crippen LogP contribution in [0.15, 0.2) is 18.2 Å². The van der Waals surface area contributed by atoms with Crippen LogP contribution >= 0.6 is 0 Å². The van der Waals surface area contributed by atoms with Gasteiger partial charge in [-0.25, -0.2) is 4.39 Å². The van der Waals surface area contributed by atoms with E-state index in [0.717, 1.165) is 5.56 Å². The van der Waals surface area contributed by atoms with Crippen LogP contribution in [-0.2, 0) is 0 Å². The van der Waals surface area contributed by atoms with Crippen molar-refractivity contribution in [1.82, 2.24) is 0 Å². The average molecular weight is 195 g/mol. The molecule has 1 aromatic carbocycles. The summed E-state index contributed by atoms with van der Waals surface area (Å²) in [5.74, 6) is -0.591. The van der Waals surface area contributed by atoms with E-state index in [-0.39, 0.29) is 5.78 Å². The second-order valence-corrected chi connectivity index (χ2v) is 3.34. The second-order valence-electron chi connectivity index (χ2n) is 3.34. The van der Waals surface area contributed by atoms with Crippen molar-refractivity contribution in [3.63, 3.8) is 0 Å². The van der Waals surface area contributed by atoms with Crippen LogP contribution in [0, 0.1) is 12.7 Å². The van der Waals surface area contributed by atoms with E-state index in [1.165, 1.54) is 12.1 Å². The number of hydrogen-bond acceptors (Lipinski definition) is 2.